The second-order valence-corrected chi connectivity index (χ2v) is 4.22. The van der Waals surface area contributed by atoms with E-state index in [-0.39, 0.29) is 0 Å². The minimum atomic E-state index is 0.798. The third-order valence-electron chi connectivity index (χ3n) is 2.71. The number of hydrogen-bond donors (Lipinski definition) is 0. The molecule has 1 aromatic rings. The lowest BCUT2D eigenvalue weighted by atomic mass is 10.0. The number of allylic oxidation sites excluding steroid dienone is 1. The van der Waals surface area contributed by atoms with Crippen molar-refractivity contribution in [2.75, 3.05) is 6.61 Å². The largest absolute Gasteiger partial charge is 0.493 e. The molecule has 1 heteroatoms. The number of rotatable bonds is 6. The van der Waals surface area contributed by atoms with Crippen molar-refractivity contribution in [2.24, 2.45) is 0 Å². The third-order valence-corrected chi connectivity index (χ3v) is 2.71. The van der Waals surface area contributed by atoms with Gasteiger partial charge in [-0.25, -0.2) is 0 Å². The predicted molar refractivity (Wildman–Crippen MR) is 70.2 cm³/mol. The molecule has 88 valence electrons. The zero-order chi connectivity index (χ0) is 12.0. The van der Waals surface area contributed by atoms with E-state index in [4.69, 9.17) is 4.74 Å². The maximum Gasteiger partial charge on any atom is 0.122 e. The van der Waals surface area contributed by atoms with Gasteiger partial charge in [0.2, 0.25) is 0 Å². The topological polar surface area (TPSA) is 9.23 Å². The lowest BCUT2D eigenvalue weighted by Gasteiger charge is -2.12. The smallest absolute Gasteiger partial charge is 0.122 e. The molecule has 0 aliphatic rings. The monoisotopic (exact) mass is 218 g/mol. The second-order valence-electron chi connectivity index (χ2n) is 4.22. The Balaban J connectivity index is 2.83. The van der Waals surface area contributed by atoms with Crippen LogP contribution >= 0.6 is 0 Å². The van der Waals surface area contributed by atoms with E-state index in [1.807, 2.05) is 6.08 Å². The molecule has 0 radical (unpaired) electrons. The molecule has 0 saturated heterocycles. The molecule has 1 nitrogen and oxygen atoms in total. The van der Waals surface area contributed by atoms with Crippen molar-refractivity contribution in [3.05, 3.63) is 41.5 Å². The van der Waals surface area contributed by atoms with Crippen LogP contribution in [0.15, 0.2) is 24.8 Å². The highest BCUT2D eigenvalue weighted by molar-refractivity contribution is 5.41. The van der Waals surface area contributed by atoms with Crippen LogP contribution in [0.4, 0.5) is 0 Å². The van der Waals surface area contributed by atoms with Crippen LogP contribution in [0.2, 0.25) is 0 Å². The standard InChI is InChI=1S/C15H22O/c1-5-7-8-14-10-13(4)15(11-12(14)3)16-9-6-2/h5,10-11H,1,6-9H2,2-4H3. The lowest BCUT2D eigenvalue weighted by Crippen LogP contribution is -1.99. The summed E-state index contributed by atoms with van der Waals surface area (Å²) in [6.45, 7) is 10.9. The molecule has 16 heavy (non-hydrogen) atoms. The van der Waals surface area contributed by atoms with Crippen molar-refractivity contribution in [1.82, 2.24) is 0 Å². The lowest BCUT2D eigenvalue weighted by molar-refractivity contribution is 0.315. The van der Waals surface area contributed by atoms with E-state index in [0.29, 0.717) is 0 Å². The van der Waals surface area contributed by atoms with Crippen molar-refractivity contribution < 1.29 is 4.74 Å². The molecule has 0 atom stereocenters. The summed E-state index contributed by atoms with van der Waals surface area (Å²) in [6.07, 6.45) is 5.13. The van der Waals surface area contributed by atoms with E-state index >= 15 is 0 Å². The average Bonchev–Trinajstić information content (AvgIpc) is 2.28. The summed E-state index contributed by atoms with van der Waals surface area (Å²) in [7, 11) is 0. The van der Waals surface area contributed by atoms with Gasteiger partial charge in [-0.1, -0.05) is 19.1 Å². The van der Waals surface area contributed by atoms with E-state index in [1.165, 1.54) is 16.7 Å². The number of hydrogen-bond acceptors (Lipinski definition) is 1. The van der Waals surface area contributed by atoms with Gasteiger partial charge in [-0.15, -0.1) is 6.58 Å². The molecule has 0 spiro atoms. The van der Waals surface area contributed by atoms with Gasteiger partial charge in [-0.05, 0) is 55.9 Å². The molecular formula is C15H22O. The van der Waals surface area contributed by atoms with Crippen molar-refractivity contribution >= 4 is 0 Å². The Labute approximate surface area is 99.1 Å². The summed E-state index contributed by atoms with van der Waals surface area (Å²) >= 11 is 0. The Bertz CT molecular complexity index is 353. The van der Waals surface area contributed by atoms with Crippen LogP contribution < -0.4 is 4.74 Å². The number of benzene rings is 1. The van der Waals surface area contributed by atoms with Gasteiger partial charge in [0.05, 0.1) is 6.61 Å². The molecule has 1 aromatic carbocycles. The van der Waals surface area contributed by atoms with E-state index in [0.717, 1.165) is 31.6 Å². The first-order valence-electron chi connectivity index (χ1n) is 6.02. The first kappa shape index (κ1) is 12.8. The molecule has 0 heterocycles. The highest BCUT2D eigenvalue weighted by atomic mass is 16.5. The normalized spacial score (nSPS) is 10.2. The van der Waals surface area contributed by atoms with Crippen molar-refractivity contribution in [3.63, 3.8) is 0 Å². The minimum absolute atomic E-state index is 0.798. The Morgan fingerprint density at radius 1 is 1.25 bits per heavy atom. The van der Waals surface area contributed by atoms with Crippen LogP contribution in [0.5, 0.6) is 5.75 Å². The summed E-state index contributed by atoms with van der Waals surface area (Å²) in [5.74, 6) is 1.03. The van der Waals surface area contributed by atoms with Gasteiger partial charge in [0, 0.05) is 0 Å². The third kappa shape index (κ3) is 3.41. The van der Waals surface area contributed by atoms with Crippen LogP contribution in [-0.2, 0) is 6.42 Å². The van der Waals surface area contributed by atoms with Gasteiger partial charge in [-0.2, -0.15) is 0 Å². The number of ether oxygens (including phenoxy) is 1. The van der Waals surface area contributed by atoms with E-state index in [1.54, 1.807) is 0 Å². The summed E-state index contributed by atoms with van der Waals surface area (Å²) in [5, 5.41) is 0. The highest BCUT2D eigenvalue weighted by Crippen LogP contribution is 2.24. The predicted octanol–water partition coefficient (Wildman–Crippen LogP) is 4.21. The SMILES string of the molecule is C=CCCc1cc(C)c(OCCC)cc1C. The molecule has 0 amide bonds. The second kappa shape index (κ2) is 6.37. The van der Waals surface area contributed by atoms with Gasteiger partial charge < -0.3 is 4.74 Å². The molecule has 0 N–H and O–H groups in total. The molecule has 0 saturated carbocycles. The maximum atomic E-state index is 5.71. The van der Waals surface area contributed by atoms with Crippen molar-refractivity contribution in [2.45, 2.75) is 40.0 Å². The fourth-order valence-corrected chi connectivity index (χ4v) is 1.74. The van der Waals surface area contributed by atoms with Crippen LogP contribution in [-0.4, -0.2) is 6.61 Å². The van der Waals surface area contributed by atoms with Crippen LogP contribution in [0, 0.1) is 13.8 Å². The minimum Gasteiger partial charge on any atom is -0.493 e. The van der Waals surface area contributed by atoms with Gasteiger partial charge in [0.15, 0.2) is 0 Å². The van der Waals surface area contributed by atoms with E-state index in [2.05, 4.69) is 39.5 Å². The molecule has 0 aliphatic carbocycles. The summed E-state index contributed by atoms with van der Waals surface area (Å²) in [5.41, 5.74) is 3.96. The zero-order valence-electron chi connectivity index (χ0n) is 10.7. The van der Waals surface area contributed by atoms with Crippen LogP contribution in [0.25, 0.3) is 0 Å². The quantitative estimate of drug-likeness (QED) is 0.650. The molecule has 0 fully saturated rings. The summed E-state index contributed by atoms with van der Waals surface area (Å²) < 4.78 is 5.71. The molecular weight excluding hydrogens is 196 g/mol. The molecule has 0 aromatic heterocycles. The zero-order valence-corrected chi connectivity index (χ0v) is 10.7. The summed E-state index contributed by atoms with van der Waals surface area (Å²) in [4.78, 5) is 0. The Kier molecular flexibility index (Phi) is 5.10. The van der Waals surface area contributed by atoms with Gasteiger partial charge in [-0.3, -0.25) is 0 Å². The first-order valence-corrected chi connectivity index (χ1v) is 6.02. The molecule has 0 unspecified atom stereocenters. The van der Waals surface area contributed by atoms with Crippen molar-refractivity contribution in [3.8, 4) is 5.75 Å². The average molecular weight is 218 g/mol. The molecule has 0 bridgehead atoms. The fraction of sp³-hybridized carbons (Fsp3) is 0.467. The molecule has 1 rings (SSSR count). The summed E-state index contributed by atoms with van der Waals surface area (Å²) in [6, 6.07) is 4.40. The van der Waals surface area contributed by atoms with Gasteiger partial charge >= 0.3 is 0 Å². The fourth-order valence-electron chi connectivity index (χ4n) is 1.74. The van der Waals surface area contributed by atoms with Crippen LogP contribution in [0.3, 0.4) is 0 Å². The number of aryl methyl sites for hydroxylation is 3. The molecule has 0 aliphatic heterocycles. The highest BCUT2D eigenvalue weighted by Gasteiger charge is 2.04. The van der Waals surface area contributed by atoms with Gasteiger partial charge in [0.25, 0.3) is 0 Å². The Morgan fingerprint density at radius 3 is 2.62 bits per heavy atom. The van der Waals surface area contributed by atoms with E-state index < -0.39 is 0 Å². The van der Waals surface area contributed by atoms with Crippen LogP contribution in [0.1, 0.15) is 36.5 Å². The maximum absolute atomic E-state index is 5.71. The Morgan fingerprint density at radius 2 is 2.00 bits per heavy atom. The first-order chi connectivity index (χ1) is 7.69. The van der Waals surface area contributed by atoms with Crippen molar-refractivity contribution in [1.29, 1.82) is 0 Å². The Hall–Kier alpha value is -1.24. The van der Waals surface area contributed by atoms with E-state index in [9.17, 15) is 0 Å². The van der Waals surface area contributed by atoms with Gasteiger partial charge in [0.1, 0.15) is 5.75 Å².